The SMILES string of the molecule is O=[SH](=O)Cc1c[c]ncc1. The van der Waals surface area contributed by atoms with E-state index in [9.17, 15) is 8.42 Å². The van der Waals surface area contributed by atoms with Crippen LogP contribution in [0.15, 0.2) is 18.3 Å². The molecule has 1 aromatic heterocycles. The number of aromatic nitrogens is 1. The Bertz CT molecular complexity index is 260. The van der Waals surface area contributed by atoms with Crippen LogP contribution in [0, 0.1) is 6.20 Å². The largest absolute Gasteiger partial charge is 0.255 e. The fraction of sp³-hybridized carbons (Fsp3) is 0.167. The minimum absolute atomic E-state index is 0.0777. The van der Waals surface area contributed by atoms with Crippen molar-refractivity contribution in [1.82, 2.24) is 4.98 Å². The first-order valence-electron chi connectivity index (χ1n) is 2.72. The summed E-state index contributed by atoms with van der Waals surface area (Å²) in [5.74, 6) is 0.0777. The number of rotatable bonds is 2. The molecule has 0 unspecified atom stereocenters. The maximum Gasteiger partial charge on any atom is 0.144 e. The van der Waals surface area contributed by atoms with Crippen molar-refractivity contribution >= 4 is 10.7 Å². The van der Waals surface area contributed by atoms with Gasteiger partial charge in [-0.25, -0.2) is 8.42 Å². The van der Waals surface area contributed by atoms with Gasteiger partial charge in [0.2, 0.25) is 0 Å². The average Bonchev–Trinajstić information content (AvgIpc) is 1.88. The number of thiol groups is 1. The lowest BCUT2D eigenvalue weighted by Crippen LogP contribution is -1.85. The van der Waals surface area contributed by atoms with E-state index in [1.807, 2.05) is 0 Å². The Hall–Kier alpha value is -0.900. The van der Waals surface area contributed by atoms with Gasteiger partial charge in [-0.2, -0.15) is 0 Å². The van der Waals surface area contributed by atoms with Gasteiger partial charge in [-0.05, 0) is 17.7 Å². The van der Waals surface area contributed by atoms with Gasteiger partial charge in [0.05, 0.1) is 11.9 Å². The Kier molecular flexibility index (Phi) is 2.39. The lowest BCUT2D eigenvalue weighted by molar-refractivity contribution is 0.614. The number of hydrogen-bond acceptors (Lipinski definition) is 3. The Morgan fingerprint density at radius 1 is 1.60 bits per heavy atom. The Balaban J connectivity index is 2.77. The second kappa shape index (κ2) is 3.31. The van der Waals surface area contributed by atoms with Crippen LogP contribution in [0.4, 0.5) is 0 Å². The monoisotopic (exact) mass is 156 g/mol. The van der Waals surface area contributed by atoms with E-state index in [2.05, 4.69) is 11.2 Å². The summed E-state index contributed by atoms with van der Waals surface area (Å²) in [5, 5.41) is 0. The third-order valence-electron chi connectivity index (χ3n) is 0.999. The predicted molar refractivity (Wildman–Crippen MR) is 37.1 cm³/mol. The molecule has 0 atom stereocenters. The molecule has 0 aromatic carbocycles. The van der Waals surface area contributed by atoms with E-state index in [4.69, 9.17) is 0 Å². The smallest absolute Gasteiger partial charge is 0.144 e. The molecule has 1 heterocycles. The second-order valence-corrected chi connectivity index (χ2v) is 2.77. The van der Waals surface area contributed by atoms with Crippen molar-refractivity contribution in [1.29, 1.82) is 0 Å². The van der Waals surface area contributed by atoms with Crippen molar-refractivity contribution < 1.29 is 8.42 Å². The highest BCUT2D eigenvalue weighted by atomic mass is 32.2. The summed E-state index contributed by atoms with van der Waals surface area (Å²) in [4.78, 5) is 3.63. The highest BCUT2D eigenvalue weighted by Crippen LogP contribution is 1.95. The molecule has 0 bridgehead atoms. The van der Waals surface area contributed by atoms with Gasteiger partial charge in [-0.3, -0.25) is 4.98 Å². The van der Waals surface area contributed by atoms with Gasteiger partial charge in [-0.1, -0.05) is 0 Å². The van der Waals surface area contributed by atoms with E-state index in [-0.39, 0.29) is 5.75 Å². The number of hydrogen-bond donors (Lipinski definition) is 1. The molecule has 0 N–H and O–H groups in total. The molecule has 4 heteroatoms. The molecule has 1 rings (SSSR count). The minimum atomic E-state index is -2.32. The van der Waals surface area contributed by atoms with Crippen LogP contribution in [-0.2, 0) is 16.5 Å². The van der Waals surface area contributed by atoms with Crippen LogP contribution in [-0.4, -0.2) is 13.4 Å². The first kappa shape index (κ1) is 7.21. The predicted octanol–water partition coefficient (Wildman–Crippen LogP) is -0.00681. The molecule has 10 heavy (non-hydrogen) atoms. The minimum Gasteiger partial charge on any atom is -0.255 e. The molecular weight excluding hydrogens is 150 g/mol. The highest BCUT2D eigenvalue weighted by molar-refractivity contribution is 7.71. The molecule has 3 nitrogen and oxygen atoms in total. The van der Waals surface area contributed by atoms with Crippen molar-refractivity contribution in [2.45, 2.75) is 5.75 Å². The van der Waals surface area contributed by atoms with E-state index in [0.29, 0.717) is 0 Å². The molecule has 0 saturated carbocycles. The maximum atomic E-state index is 10.2. The Labute approximate surface area is 60.7 Å². The first-order chi connectivity index (χ1) is 4.79. The van der Waals surface area contributed by atoms with E-state index in [0.717, 1.165) is 5.56 Å². The van der Waals surface area contributed by atoms with Crippen LogP contribution in [0.5, 0.6) is 0 Å². The van der Waals surface area contributed by atoms with Crippen molar-refractivity contribution in [3.05, 3.63) is 30.1 Å². The van der Waals surface area contributed by atoms with Crippen molar-refractivity contribution in [3.63, 3.8) is 0 Å². The van der Waals surface area contributed by atoms with Crippen LogP contribution in [0.3, 0.4) is 0 Å². The molecule has 0 amide bonds. The zero-order valence-electron chi connectivity index (χ0n) is 5.15. The molecule has 0 saturated heterocycles. The van der Waals surface area contributed by atoms with E-state index < -0.39 is 10.7 Å². The molecule has 0 fully saturated rings. The number of nitrogens with zero attached hydrogens (tertiary/aromatic N) is 1. The van der Waals surface area contributed by atoms with Gasteiger partial charge in [0.1, 0.15) is 10.7 Å². The molecule has 53 valence electrons. The van der Waals surface area contributed by atoms with Gasteiger partial charge in [0, 0.05) is 6.20 Å². The molecule has 0 spiro atoms. The molecular formula is C6H6NO2S. The van der Waals surface area contributed by atoms with Crippen molar-refractivity contribution in [2.24, 2.45) is 0 Å². The standard InChI is InChI=1S/C6H6NO2S/c8-10(9)5-6-1-3-7-4-2-6/h1-3,10H,5H2. The van der Waals surface area contributed by atoms with Crippen LogP contribution in [0.25, 0.3) is 0 Å². The van der Waals surface area contributed by atoms with Crippen LogP contribution >= 0.6 is 0 Å². The summed E-state index contributed by atoms with van der Waals surface area (Å²) in [6, 6.07) is 3.22. The number of pyridine rings is 1. The first-order valence-corrected chi connectivity index (χ1v) is 4.08. The van der Waals surface area contributed by atoms with Gasteiger partial charge in [0.15, 0.2) is 0 Å². The molecule has 1 radical (unpaired) electrons. The summed E-state index contributed by atoms with van der Waals surface area (Å²) in [6.45, 7) is 0. The van der Waals surface area contributed by atoms with Gasteiger partial charge < -0.3 is 0 Å². The van der Waals surface area contributed by atoms with Crippen LogP contribution in [0.1, 0.15) is 5.56 Å². The fourth-order valence-corrected chi connectivity index (χ4v) is 1.09. The van der Waals surface area contributed by atoms with Crippen molar-refractivity contribution in [2.75, 3.05) is 0 Å². The Morgan fingerprint density at radius 3 is 2.90 bits per heavy atom. The molecule has 0 aliphatic heterocycles. The van der Waals surface area contributed by atoms with E-state index >= 15 is 0 Å². The normalized spacial score (nSPS) is 10.1. The molecule has 0 aliphatic rings. The maximum absolute atomic E-state index is 10.2. The average molecular weight is 156 g/mol. The van der Waals surface area contributed by atoms with Gasteiger partial charge in [0.25, 0.3) is 0 Å². The van der Waals surface area contributed by atoms with Crippen LogP contribution < -0.4 is 0 Å². The zero-order chi connectivity index (χ0) is 7.40. The summed E-state index contributed by atoms with van der Waals surface area (Å²) >= 11 is 0. The molecule has 0 aliphatic carbocycles. The Morgan fingerprint density at radius 2 is 2.40 bits per heavy atom. The molecule has 1 aromatic rings. The third kappa shape index (κ3) is 2.14. The summed E-state index contributed by atoms with van der Waals surface area (Å²) in [5.41, 5.74) is 0.728. The highest BCUT2D eigenvalue weighted by Gasteiger charge is 1.90. The van der Waals surface area contributed by atoms with Crippen molar-refractivity contribution in [3.8, 4) is 0 Å². The fourth-order valence-electron chi connectivity index (χ4n) is 0.592. The quantitative estimate of drug-likeness (QED) is 0.613. The summed E-state index contributed by atoms with van der Waals surface area (Å²) in [6.07, 6.45) is 4.07. The third-order valence-corrected chi connectivity index (χ3v) is 1.62. The topological polar surface area (TPSA) is 47.0 Å². The summed E-state index contributed by atoms with van der Waals surface area (Å²) in [7, 11) is -2.32. The second-order valence-electron chi connectivity index (χ2n) is 1.78. The van der Waals surface area contributed by atoms with E-state index in [1.54, 1.807) is 12.1 Å². The van der Waals surface area contributed by atoms with Gasteiger partial charge in [-0.15, -0.1) is 0 Å². The summed E-state index contributed by atoms with van der Waals surface area (Å²) < 4.78 is 20.3. The lowest BCUT2D eigenvalue weighted by atomic mass is 10.3. The zero-order valence-corrected chi connectivity index (χ0v) is 6.04. The van der Waals surface area contributed by atoms with E-state index in [1.165, 1.54) is 6.20 Å². The van der Waals surface area contributed by atoms with Gasteiger partial charge >= 0.3 is 0 Å². The lowest BCUT2D eigenvalue weighted by Gasteiger charge is -1.88. The van der Waals surface area contributed by atoms with Crippen LogP contribution in [0.2, 0.25) is 0 Å².